The fourth-order valence-electron chi connectivity index (χ4n) is 1.80. The normalized spacial score (nSPS) is 22.2. The summed E-state index contributed by atoms with van der Waals surface area (Å²) in [6.45, 7) is 7.00. The molecule has 1 aromatic rings. The van der Waals surface area contributed by atoms with E-state index in [1.165, 1.54) is 0 Å². The van der Waals surface area contributed by atoms with Gasteiger partial charge in [0.1, 0.15) is 11.9 Å². The molecular weight excluding hydrogens is 190 g/mol. The summed E-state index contributed by atoms with van der Waals surface area (Å²) >= 11 is 0. The van der Waals surface area contributed by atoms with Gasteiger partial charge in [-0.15, -0.1) is 0 Å². The molecule has 2 heterocycles. The maximum absolute atomic E-state index is 5.65. The summed E-state index contributed by atoms with van der Waals surface area (Å²) in [5.74, 6) is 1.70. The highest BCUT2D eigenvalue weighted by Gasteiger charge is 2.17. The van der Waals surface area contributed by atoms with Crippen molar-refractivity contribution in [1.82, 2.24) is 15.3 Å². The standard InChI is InChI=1S/C11H19N3O/c1-8(2)5-11-13-6-9(14-11)10-7-12-3-4-15-10/h6,8,10,12H,3-5,7H2,1-2H3,(H,13,14). The Labute approximate surface area is 90.4 Å². The average Bonchev–Trinajstić information content (AvgIpc) is 2.67. The van der Waals surface area contributed by atoms with Crippen molar-refractivity contribution in [2.24, 2.45) is 5.92 Å². The Hall–Kier alpha value is -0.870. The molecule has 0 aromatic carbocycles. The van der Waals surface area contributed by atoms with Gasteiger partial charge in [0.15, 0.2) is 0 Å². The van der Waals surface area contributed by atoms with Crippen LogP contribution in [0.1, 0.15) is 31.5 Å². The van der Waals surface area contributed by atoms with Crippen LogP contribution >= 0.6 is 0 Å². The second-order valence-electron chi connectivity index (χ2n) is 4.45. The van der Waals surface area contributed by atoms with E-state index < -0.39 is 0 Å². The fraction of sp³-hybridized carbons (Fsp3) is 0.727. The summed E-state index contributed by atoms with van der Waals surface area (Å²) in [7, 11) is 0. The van der Waals surface area contributed by atoms with Gasteiger partial charge < -0.3 is 15.0 Å². The van der Waals surface area contributed by atoms with Crippen molar-refractivity contribution < 1.29 is 4.74 Å². The Morgan fingerprint density at radius 1 is 1.60 bits per heavy atom. The number of aromatic nitrogens is 2. The molecule has 0 aliphatic carbocycles. The summed E-state index contributed by atoms with van der Waals surface area (Å²) in [6, 6.07) is 0. The Balaban J connectivity index is 1.99. The zero-order chi connectivity index (χ0) is 10.7. The zero-order valence-corrected chi connectivity index (χ0v) is 9.42. The molecule has 1 aliphatic heterocycles. The first kappa shape index (κ1) is 10.6. The van der Waals surface area contributed by atoms with Crippen LogP contribution in [0.2, 0.25) is 0 Å². The number of nitrogens with one attached hydrogen (secondary N) is 2. The highest BCUT2D eigenvalue weighted by Crippen LogP contribution is 2.17. The summed E-state index contributed by atoms with van der Waals surface area (Å²) in [6.07, 6.45) is 3.04. The Kier molecular flexibility index (Phi) is 3.38. The second-order valence-corrected chi connectivity index (χ2v) is 4.45. The van der Waals surface area contributed by atoms with Crippen molar-refractivity contribution >= 4 is 0 Å². The van der Waals surface area contributed by atoms with Crippen molar-refractivity contribution in [3.63, 3.8) is 0 Å². The zero-order valence-electron chi connectivity index (χ0n) is 9.42. The van der Waals surface area contributed by atoms with Crippen LogP contribution in [0.5, 0.6) is 0 Å². The second kappa shape index (κ2) is 4.77. The van der Waals surface area contributed by atoms with Gasteiger partial charge in [0, 0.05) is 19.5 Å². The molecule has 84 valence electrons. The minimum Gasteiger partial charge on any atom is -0.369 e. The largest absolute Gasteiger partial charge is 0.369 e. The molecule has 1 aliphatic rings. The number of imidazole rings is 1. The summed E-state index contributed by atoms with van der Waals surface area (Å²) in [5, 5.41) is 3.31. The van der Waals surface area contributed by atoms with Crippen LogP contribution in [-0.2, 0) is 11.2 Å². The van der Waals surface area contributed by atoms with Crippen LogP contribution in [0, 0.1) is 5.92 Å². The van der Waals surface area contributed by atoms with E-state index in [4.69, 9.17) is 4.74 Å². The summed E-state index contributed by atoms with van der Waals surface area (Å²) in [5.41, 5.74) is 1.10. The van der Waals surface area contributed by atoms with E-state index >= 15 is 0 Å². The van der Waals surface area contributed by atoms with Crippen molar-refractivity contribution in [3.05, 3.63) is 17.7 Å². The van der Waals surface area contributed by atoms with Gasteiger partial charge >= 0.3 is 0 Å². The minimum atomic E-state index is 0.146. The Morgan fingerprint density at radius 3 is 3.13 bits per heavy atom. The fourth-order valence-corrected chi connectivity index (χ4v) is 1.80. The topological polar surface area (TPSA) is 49.9 Å². The molecule has 0 radical (unpaired) electrons. The third-order valence-corrected chi connectivity index (χ3v) is 2.52. The first-order valence-electron chi connectivity index (χ1n) is 5.62. The molecule has 0 saturated carbocycles. The maximum Gasteiger partial charge on any atom is 0.111 e. The predicted octanol–water partition coefficient (Wildman–Crippen LogP) is 1.27. The predicted molar refractivity (Wildman–Crippen MR) is 58.7 cm³/mol. The molecule has 2 rings (SSSR count). The number of morpholine rings is 1. The summed E-state index contributed by atoms with van der Waals surface area (Å²) in [4.78, 5) is 7.71. The molecule has 0 amide bonds. The van der Waals surface area contributed by atoms with Crippen molar-refractivity contribution in [2.75, 3.05) is 19.7 Å². The summed E-state index contributed by atoms with van der Waals surface area (Å²) < 4.78 is 5.65. The Bertz CT molecular complexity index is 303. The van der Waals surface area contributed by atoms with Crippen LogP contribution in [0.4, 0.5) is 0 Å². The van der Waals surface area contributed by atoms with E-state index in [0.29, 0.717) is 5.92 Å². The molecule has 1 saturated heterocycles. The maximum atomic E-state index is 5.65. The quantitative estimate of drug-likeness (QED) is 0.788. The van der Waals surface area contributed by atoms with E-state index in [1.807, 2.05) is 6.20 Å². The SMILES string of the molecule is CC(C)Cc1ncc(C2CNCCO2)[nH]1. The lowest BCUT2D eigenvalue weighted by molar-refractivity contribution is 0.0252. The molecular formula is C11H19N3O. The molecule has 1 fully saturated rings. The molecule has 2 N–H and O–H groups in total. The van der Waals surface area contributed by atoms with Gasteiger partial charge in [-0.05, 0) is 5.92 Å². The van der Waals surface area contributed by atoms with E-state index in [0.717, 1.165) is 37.6 Å². The van der Waals surface area contributed by atoms with Gasteiger partial charge in [-0.25, -0.2) is 4.98 Å². The number of aromatic amines is 1. The number of hydrogen-bond donors (Lipinski definition) is 2. The minimum absolute atomic E-state index is 0.146. The number of ether oxygens (including phenoxy) is 1. The molecule has 1 aromatic heterocycles. The van der Waals surface area contributed by atoms with Crippen molar-refractivity contribution in [1.29, 1.82) is 0 Å². The molecule has 4 nitrogen and oxygen atoms in total. The number of H-pyrrole nitrogens is 1. The monoisotopic (exact) mass is 209 g/mol. The number of nitrogens with zero attached hydrogens (tertiary/aromatic N) is 1. The lowest BCUT2D eigenvalue weighted by atomic mass is 10.1. The average molecular weight is 209 g/mol. The van der Waals surface area contributed by atoms with Gasteiger partial charge in [0.2, 0.25) is 0 Å². The Morgan fingerprint density at radius 2 is 2.47 bits per heavy atom. The van der Waals surface area contributed by atoms with E-state index in [-0.39, 0.29) is 6.10 Å². The van der Waals surface area contributed by atoms with Crippen LogP contribution in [-0.4, -0.2) is 29.7 Å². The van der Waals surface area contributed by atoms with Crippen molar-refractivity contribution in [2.45, 2.75) is 26.4 Å². The van der Waals surface area contributed by atoms with Crippen molar-refractivity contribution in [3.8, 4) is 0 Å². The molecule has 15 heavy (non-hydrogen) atoms. The highest BCUT2D eigenvalue weighted by molar-refractivity contribution is 5.06. The third-order valence-electron chi connectivity index (χ3n) is 2.52. The molecule has 1 atom stereocenters. The van der Waals surface area contributed by atoms with Gasteiger partial charge in [-0.3, -0.25) is 0 Å². The highest BCUT2D eigenvalue weighted by atomic mass is 16.5. The van der Waals surface area contributed by atoms with Crippen LogP contribution in [0.25, 0.3) is 0 Å². The first-order chi connectivity index (χ1) is 7.25. The first-order valence-corrected chi connectivity index (χ1v) is 5.62. The van der Waals surface area contributed by atoms with E-state index in [2.05, 4.69) is 29.1 Å². The van der Waals surface area contributed by atoms with Gasteiger partial charge in [-0.1, -0.05) is 13.8 Å². The molecule has 0 bridgehead atoms. The number of hydrogen-bond acceptors (Lipinski definition) is 3. The van der Waals surface area contributed by atoms with Crippen LogP contribution in [0.15, 0.2) is 6.20 Å². The van der Waals surface area contributed by atoms with E-state index in [1.54, 1.807) is 0 Å². The lowest BCUT2D eigenvalue weighted by Crippen LogP contribution is -2.33. The lowest BCUT2D eigenvalue weighted by Gasteiger charge is -2.22. The van der Waals surface area contributed by atoms with Crippen LogP contribution < -0.4 is 5.32 Å². The smallest absolute Gasteiger partial charge is 0.111 e. The van der Waals surface area contributed by atoms with E-state index in [9.17, 15) is 0 Å². The number of rotatable bonds is 3. The third kappa shape index (κ3) is 2.79. The van der Waals surface area contributed by atoms with Gasteiger partial charge in [0.25, 0.3) is 0 Å². The van der Waals surface area contributed by atoms with Gasteiger partial charge in [-0.2, -0.15) is 0 Å². The molecule has 4 heteroatoms. The molecule has 0 spiro atoms. The molecule has 1 unspecified atom stereocenters. The van der Waals surface area contributed by atoms with Gasteiger partial charge in [0.05, 0.1) is 18.5 Å². The van der Waals surface area contributed by atoms with Crippen LogP contribution in [0.3, 0.4) is 0 Å².